The average Bonchev–Trinajstić information content (AvgIpc) is 3.15. The number of guanidine groups is 1. The lowest BCUT2D eigenvalue weighted by Gasteiger charge is -2.24. The summed E-state index contributed by atoms with van der Waals surface area (Å²) in [5.74, 6) is 1.54. The third kappa shape index (κ3) is 7.08. The molecule has 0 aromatic heterocycles. The molecule has 1 aromatic rings. The average molecular weight is 391 g/mol. The summed E-state index contributed by atoms with van der Waals surface area (Å²) in [6, 6.07) is 9.20. The number of methoxy groups -OCH3 is 1. The Hall–Kier alpha value is -1.63. The zero-order chi connectivity index (χ0) is 20.4. The zero-order valence-electron chi connectivity index (χ0n) is 18.3. The van der Waals surface area contributed by atoms with Gasteiger partial charge in [-0.1, -0.05) is 24.3 Å². The van der Waals surface area contributed by atoms with E-state index in [1.807, 2.05) is 7.05 Å². The van der Waals surface area contributed by atoms with E-state index in [-0.39, 0.29) is 0 Å². The first-order chi connectivity index (χ1) is 13.5. The Kier molecular flexibility index (Phi) is 9.75. The van der Waals surface area contributed by atoms with Crippen molar-refractivity contribution in [1.82, 2.24) is 15.1 Å². The van der Waals surface area contributed by atoms with Crippen molar-refractivity contribution in [2.24, 2.45) is 10.9 Å². The number of aliphatic imine (C=N–C) groups is 1. The van der Waals surface area contributed by atoms with E-state index in [0.717, 1.165) is 45.2 Å². The van der Waals surface area contributed by atoms with Gasteiger partial charge in [0.05, 0.1) is 19.8 Å². The first-order valence-corrected chi connectivity index (χ1v) is 10.3. The van der Waals surface area contributed by atoms with Crippen LogP contribution >= 0.6 is 0 Å². The van der Waals surface area contributed by atoms with Crippen LogP contribution in [-0.2, 0) is 22.6 Å². The minimum atomic E-state index is 0.529. The van der Waals surface area contributed by atoms with Gasteiger partial charge in [0.2, 0.25) is 0 Å². The molecule has 28 heavy (non-hydrogen) atoms. The van der Waals surface area contributed by atoms with Gasteiger partial charge in [-0.3, -0.25) is 9.89 Å². The minimum Gasteiger partial charge on any atom is -0.382 e. The fourth-order valence-electron chi connectivity index (χ4n) is 3.40. The van der Waals surface area contributed by atoms with Crippen molar-refractivity contribution in [2.75, 3.05) is 54.1 Å². The second-order valence-electron chi connectivity index (χ2n) is 7.85. The molecule has 0 spiro atoms. The van der Waals surface area contributed by atoms with Gasteiger partial charge in [-0.15, -0.1) is 0 Å². The van der Waals surface area contributed by atoms with Crippen LogP contribution in [0.5, 0.6) is 0 Å². The number of likely N-dealkylation sites (tertiary alicyclic amines) is 1. The third-order valence-corrected chi connectivity index (χ3v) is 5.44. The molecule has 0 saturated carbocycles. The van der Waals surface area contributed by atoms with Crippen molar-refractivity contribution in [2.45, 2.75) is 39.4 Å². The molecular formula is C22H38N4O2. The molecule has 158 valence electrons. The van der Waals surface area contributed by atoms with E-state index in [1.54, 1.807) is 7.11 Å². The van der Waals surface area contributed by atoms with Gasteiger partial charge in [-0.25, -0.2) is 0 Å². The van der Waals surface area contributed by atoms with Crippen LogP contribution in [-0.4, -0.2) is 75.9 Å². The van der Waals surface area contributed by atoms with Gasteiger partial charge in [-0.05, 0) is 38.4 Å². The van der Waals surface area contributed by atoms with Crippen LogP contribution in [0.4, 0.5) is 0 Å². The van der Waals surface area contributed by atoms with Crippen LogP contribution in [0.2, 0.25) is 0 Å². The van der Waals surface area contributed by atoms with Gasteiger partial charge in [-0.2, -0.15) is 0 Å². The fraction of sp³-hybridized carbons (Fsp3) is 0.682. The minimum absolute atomic E-state index is 0.529. The highest BCUT2D eigenvalue weighted by Gasteiger charge is 2.25. The Balaban J connectivity index is 1.86. The van der Waals surface area contributed by atoms with Gasteiger partial charge >= 0.3 is 0 Å². The Labute approximate surface area is 170 Å². The van der Waals surface area contributed by atoms with Gasteiger partial charge in [0, 0.05) is 52.3 Å². The van der Waals surface area contributed by atoms with Crippen LogP contribution in [0, 0.1) is 5.92 Å². The molecule has 2 rings (SSSR count). The van der Waals surface area contributed by atoms with Crippen molar-refractivity contribution in [1.29, 1.82) is 0 Å². The summed E-state index contributed by atoms with van der Waals surface area (Å²) in [5.41, 5.74) is 2.70. The number of ether oxygens (including phenoxy) is 2. The molecule has 0 bridgehead atoms. The van der Waals surface area contributed by atoms with Crippen molar-refractivity contribution in [3.05, 3.63) is 35.4 Å². The zero-order valence-corrected chi connectivity index (χ0v) is 18.3. The molecule has 1 atom stereocenters. The van der Waals surface area contributed by atoms with Crippen LogP contribution in [0.25, 0.3) is 0 Å². The Morgan fingerprint density at radius 2 is 2.04 bits per heavy atom. The molecule has 1 fully saturated rings. The molecule has 0 radical (unpaired) electrons. The van der Waals surface area contributed by atoms with E-state index in [9.17, 15) is 0 Å². The Morgan fingerprint density at radius 3 is 2.71 bits per heavy atom. The number of benzene rings is 1. The first-order valence-electron chi connectivity index (χ1n) is 10.3. The lowest BCUT2D eigenvalue weighted by molar-refractivity contribution is 0.0536. The monoisotopic (exact) mass is 390 g/mol. The molecule has 6 nitrogen and oxygen atoms in total. The topological polar surface area (TPSA) is 49.3 Å². The summed E-state index contributed by atoms with van der Waals surface area (Å²) >= 11 is 0. The van der Waals surface area contributed by atoms with Gasteiger partial charge in [0.1, 0.15) is 0 Å². The van der Waals surface area contributed by atoms with Crippen LogP contribution in [0.3, 0.4) is 0 Å². The molecule has 0 amide bonds. The second-order valence-corrected chi connectivity index (χ2v) is 7.85. The normalized spacial score (nSPS) is 17.8. The van der Waals surface area contributed by atoms with Gasteiger partial charge in [0.15, 0.2) is 5.96 Å². The van der Waals surface area contributed by atoms with E-state index in [1.165, 1.54) is 11.1 Å². The number of rotatable bonds is 10. The SMILES string of the molecule is CN=C(NCc1ccccc1CN(C)C(C)C)N1CCC(COCCOC)C1. The van der Waals surface area contributed by atoms with Crippen molar-refractivity contribution < 1.29 is 9.47 Å². The Morgan fingerprint density at radius 1 is 1.29 bits per heavy atom. The molecule has 1 aliphatic rings. The van der Waals surface area contributed by atoms with E-state index >= 15 is 0 Å². The molecule has 1 saturated heterocycles. The molecule has 1 heterocycles. The van der Waals surface area contributed by atoms with Gasteiger partial charge in [0.25, 0.3) is 0 Å². The summed E-state index contributed by atoms with van der Waals surface area (Å²) in [6.45, 7) is 10.3. The Bertz CT molecular complexity index is 606. The van der Waals surface area contributed by atoms with Crippen molar-refractivity contribution in [3.8, 4) is 0 Å². The molecule has 0 aliphatic carbocycles. The van der Waals surface area contributed by atoms with Crippen LogP contribution in [0.1, 0.15) is 31.4 Å². The molecule has 1 N–H and O–H groups in total. The number of nitrogens with one attached hydrogen (secondary N) is 1. The van der Waals surface area contributed by atoms with E-state index < -0.39 is 0 Å². The van der Waals surface area contributed by atoms with Gasteiger partial charge < -0.3 is 19.7 Å². The fourth-order valence-corrected chi connectivity index (χ4v) is 3.40. The summed E-state index contributed by atoms with van der Waals surface area (Å²) in [4.78, 5) is 9.21. The second kappa shape index (κ2) is 12.0. The number of nitrogens with zero attached hydrogens (tertiary/aromatic N) is 3. The lowest BCUT2D eigenvalue weighted by atomic mass is 10.1. The summed E-state index contributed by atoms with van der Waals surface area (Å²) in [6.07, 6.45) is 1.14. The van der Waals surface area contributed by atoms with Crippen molar-refractivity contribution in [3.63, 3.8) is 0 Å². The lowest BCUT2D eigenvalue weighted by Crippen LogP contribution is -2.40. The molecular weight excluding hydrogens is 352 g/mol. The van der Waals surface area contributed by atoms with Crippen LogP contribution < -0.4 is 5.32 Å². The predicted molar refractivity (Wildman–Crippen MR) is 116 cm³/mol. The highest BCUT2D eigenvalue weighted by Crippen LogP contribution is 2.17. The molecule has 1 aromatic carbocycles. The first kappa shape index (κ1) is 22.7. The number of hydrogen-bond acceptors (Lipinski definition) is 4. The maximum atomic E-state index is 5.70. The highest BCUT2D eigenvalue weighted by molar-refractivity contribution is 5.80. The molecule has 6 heteroatoms. The number of hydrogen-bond donors (Lipinski definition) is 1. The van der Waals surface area contributed by atoms with Crippen molar-refractivity contribution >= 4 is 5.96 Å². The standard InChI is InChI=1S/C22H38N4O2/c1-18(2)25(4)16-21-9-7-6-8-20(21)14-24-22(23-3)26-11-10-19(15-26)17-28-13-12-27-5/h6-9,18-19H,10-17H2,1-5H3,(H,23,24). The van der Waals surface area contributed by atoms with E-state index in [4.69, 9.17) is 9.47 Å². The van der Waals surface area contributed by atoms with E-state index in [2.05, 4.69) is 65.3 Å². The maximum Gasteiger partial charge on any atom is 0.193 e. The molecule has 1 aliphatic heterocycles. The summed E-state index contributed by atoms with van der Waals surface area (Å²) in [5, 5.41) is 3.56. The largest absolute Gasteiger partial charge is 0.382 e. The summed E-state index contributed by atoms with van der Waals surface area (Å²) in [7, 11) is 5.74. The quantitative estimate of drug-likeness (QED) is 0.378. The van der Waals surface area contributed by atoms with E-state index in [0.29, 0.717) is 25.2 Å². The summed E-state index contributed by atoms with van der Waals surface area (Å²) < 4.78 is 10.7. The molecule has 1 unspecified atom stereocenters. The smallest absolute Gasteiger partial charge is 0.193 e. The maximum absolute atomic E-state index is 5.70. The highest BCUT2D eigenvalue weighted by atomic mass is 16.5. The third-order valence-electron chi connectivity index (χ3n) is 5.44. The predicted octanol–water partition coefficient (Wildman–Crippen LogP) is 2.59. The van der Waals surface area contributed by atoms with Crippen LogP contribution in [0.15, 0.2) is 29.3 Å².